The predicted octanol–water partition coefficient (Wildman–Crippen LogP) is 2.69. The van der Waals surface area contributed by atoms with Crippen molar-refractivity contribution in [3.63, 3.8) is 0 Å². The zero-order valence-corrected chi connectivity index (χ0v) is 12.4. The minimum absolute atomic E-state index is 0.0822. The van der Waals surface area contributed by atoms with Crippen molar-refractivity contribution in [1.82, 2.24) is 4.98 Å². The van der Waals surface area contributed by atoms with E-state index >= 15 is 0 Å². The second-order valence-electron chi connectivity index (χ2n) is 4.77. The number of nitrogens with one attached hydrogen (secondary N) is 1. The van der Waals surface area contributed by atoms with E-state index in [-0.39, 0.29) is 21.8 Å². The van der Waals surface area contributed by atoms with Crippen molar-refractivity contribution in [1.29, 1.82) is 0 Å². The van der Waals surface area contributed by atoms with Gasteiger partial charge in [-0.1, -0.05) is 37.3 Å². The molecule has 1 amide bonds. The molecule has 0 fully saturated rings. The molecule has 0 aliphatic heterocycles. The van der Waals surface area contributed by atoms with E-state index < -0.39 is 5.97 Å². The average molecular weight is 305 g/mol. The van der Waals surface area contributed by atoms with Crippen LogP contribution in [0, 0.1) is 5.92 Å². The molecular weight excluding hydrogens is 290 g/mol. The second-order valence-corrected chi connectivity index (χ2v) is 5.77. The van der Waals surface area contributed by atoms with Gasteiger partial charge in [0.1, 0.15) is 4.88 Å². The maximum Gasteiger partial charge on any atom is 0.348 e. The first-order valence-corrected chi connectivity index (χ1v) is 7.11. The molecule has 0 unspecified atom stereocenters. The number of rotatable bonds is 4. The molecule has 1 heterocycles. The number of hydrogen-bond donors (Lipinski definition) is 3. The van der Waals surface area contributed by atoms with Gasteiger partial charge in [0.15, 0.2) is 5.13 Å². The van der Waals surface area contributed by atoms with Gasteiger partial charge in [0.05, 0.1) is 5.69 Å². The molecule has 0 spiro atoms. The van der Waals surface area contributed by atoms with E-state index in [4.69, 9.17) is 5.73 Å². The highest BCUT2D eigenvalue weighted by atomic mass is 32.1. The smallest absolute Gasteiger partial charge is 0.348 e. The number of aromatic carboxylic acids is 1. The molecule has 1 aromatic carbocycles. The number of benzene rings is 1. The number of nitrogens with zero attached hydrogens (tertiary/aromatic N) is 1. The molecule has 0 bridgehead atoms. The number of thiazole rings is 1. The molecule has 0 saturated heterocycles. The Bertz CT molecular complexity index is 677. The fraction of sp³-hybridized carbons (Fsp3) is 0.214. The number of aromatic nitrogens is 1. The Morgan fingerprint density at radius 1 is 1.29 bits per heavy atom. The summed E-state index contributed by atoms with van der Waals surface area (Å²) in [6.45, 7) is 3.50. The minimum Gasteiger partial charge on any atom is -0.477 e. The summed E-state index contributed by atoms with van der Waals surface area (Å²) in [6, 6.07) is 6.75. The van der Waals surface area contributed by atoms with Crippen molar-refractivity contribution in [2.75, 3.05) is 11.1 Å². The number of carboxylic acids is 1. The van der Waals surface area contributed by atoms with Gasteiger partial charge in [-0.3, -0.25) is 4.79 Å². The number of amides is 1. The lowest BCUT2D eigenvalue weighted by Gasteiger charge is -2.03. The second kappa shape index (κ2) is 5.92. The predicted molar refractivity (Wildman–Crippen MR) is 82.4 cm³/mol. The molecule has 1 aromatic heterocycles. The van der Waals surface area contributed by atoms with Crippen LogP contribution < -0.4 is 11.1 Å². The maximum atomic E-state index is 11.7. The van der Waals surface area contributed by atoms with Crippen molar-refractivity contribution in [3.05, 3.63) is 29.1 Å². The molecule has 7 heteroatoms. The Morgan fingerprint density at radius 2 is 1.90 bits per heavy atom. The van der Waals surface area contributed by atoms with Crippen molar-refractivity contribution in [2.24, 2.45) is 5.92 Å². The number of nitrogens with two attached hydrogens (primary N) is 1. The summed E-state index contributed by atoms with van der Waals surface area (Å²) in [5.74, 6) is -1.49. The third-order valence-corrected chi connectivity index (χ3v) is 3.72. The summed E-state index contributed by atoms with van der Waals surface area (Å²) in [5, 5.41) is 12.2. The molecule has 4 N–H and O–H groups in total. The molecule has 2 aromatic rings. The molecular formula is C14H15N3O3S. The number of hydrogen-bond acceptors (Lipinski definition) is 5. The van der Waals surface area contributed by atoms with Gasteiger partial charge in [0.25, 0.3) is 0 Å². The number of anilines is 2. The van der Waals surface area contributed by atoms with Crippen molar-refractivity contribution in [3.8, 4) is 11.3 Å². The summed E-state index contributed by atoms with van der Waals surface area (Å²) in [7, 11) is 0. The van der Waals surface area contributed by atoms with Crippen molar-refractivity contribution >= 4 is 34.0 Å². The van der Waals surface area contributed by atoms with Crippen LogP contribution in [-0.4, -0.2) is 22.0 Å². The van der Waals surface area contributed by atoms with E-state index in [9.17, 15) is 14.7 Å². The highest BCUT2D eigenvalue weighted by Gasteiger charge is 2.20. The molecule has 0 atom stereocenters. The maximum absolute atomic E-state index is 11.7. The van der Waals surface area contributed by atoms with Gasteiger partial charge in [-0.15, -0.1) is 0 Å². The van der Waals surface area contributed by atoms with Gasteiger partial charge in [-0.25, -0.2) is 9.78 Å². The van der Waals surface area contributed by atoms with E-state index in [2.05, 4.69) is 10.3 Å². The first kappa shape index (κ1) is 15.0. The Hall–Kier alpha value is -2.41. The summed E-state index contributed by atoms with van der Waals surface area (Å²) in [5.41, 5.74) is 7.17. The molecule has 2 rings (SSSR count). The van der Waals surface area contributed by atoms with E-state index in [1.54, 1.807) is 38.1 Å². The molecule has 0 saturated carbocycles. The number of carbonyl (C=O) groups is 2. The highest BCUT2D eigenvalue weighted by Crippen LogP contribution is 2.31. The van der Waals surface area contributed by atoms with E-state index in [1.807, 2.05) is 0 Å². The van der Waals surface area contributed by atoms with Gasteiger partial charge >= 0.3 is 5.97 Å². The fourth-order valence-corrected chi connectivity index (χ4v) is 2.43. The molecule has 21 heavy (non-hydrogen) atoms. The zero-order valence-electron chi connectivity index (χ0n) is 11.6. The molecule has 110 valence electrons. The lowest BCUT2D eigenvalue weighted by Crippen LogP contribution is -2.17. The number of nitrogen functional groups attached to an aromatic ring is 1. The van der Waals surface area contributed by atoms with E-state index in [0.29, 0.717) is 16.9 Å². The topological polar surface area (TPSA) is 105 Å². The Labute approximate surface area is 125 Å². The van der Waals surface area contributed by atoms with Crippen LogP contribution in [0.4, 0.5) is 10.8 Å². The van der Waals surface area contributed by atoms with Gasteiger partial charge in [0, 0.05) is 17.2 Å². The Morgan fingerprint density at radius 3 is 2.43 bits per heavy atom. The van der Waals surface area contributed by atoms with Gasteiger partial charge in [-0.2, -0.15) is 0 Å². The number of carboxylic acid groups (broad SMARTS) is 1. The third-order valence-electron chi connectivity index (χ3n) is 2.76. The van der Waals surface area contributed by atoms with Crippen LogP contribution in [0.5, 0.6) is 0 Å². The monoisotopic (exact) mass is 305 g/mol. The lowest BCUT2D eigenvalue weighted by atomic mass is 10.1. The van der Waals surface area contributed by atoms with Crippen LogP contribution in [0.3, 0.4) is 0 Å². The first-order valence-electron chi connectivity index (χ1n) is 6.29. The largest absolute Gasteiger partial charge is 0.477 e. The molecule has 0 aliphatic rings. The van der Waals surface area contributed by atoms with Crippen LogP contribution in [0.25, 0.3) is 11.3 Å². The Kier molecular flexibility index (Phi) is 4.23. The van der Waals surface area contributed by atoms with Crippen LogP contribution in [-0.2, 0) is 4.79 Å². The van der Waals surface area contributed by atoms with E-state index in [1.165, 1.54) is 0 Å². The van der Waals surface area contributed by atoms with Gasteiger partial charge < -0.3 is 16.2 Å². The van der Waals surface area contributed by atoms with Gasteiger partial charge in [0.2, 0.25) is 5.91 Å². The zero-order chi connectivity index (χ0) is 15.6. The number of carbonyl (C=O) groups excluding carboxylic acids is 1. The van der Waals surface area contributed by atoms with Crippen LogP contribution in [0.1, 0.15) is 23.5 Å². The van der Waals surface area contributed by atoms with Crippen LogP contribution in [0.2, 0.25) is 0 Å². The molecule has 0 aliphatic carbocycles. The van der Waals surface area contributed by atoms with Gasteiger partial charge in [-0.05, 0) is 12.1 Å². The van der Waals surface area contributed by atoms with Crippen LogP contribution >= 0.6 is 11.3 Å². The summed E-state index contributed by atoms with van der Waals surface area (Å²) >= 11 is 0.939. The Balaban J connectivity index is 2.40. The van der Waals surface area contributed by atoms with E-state index in [0.717, 1.165) is 11.3 Å². The normalized spacial score (nSPS) is 10.6. The average Bonchev–Trinajstić information content (AvgIpc) is 2.83. The minimum atomic E-state index is -1.08. The fourth-order valence-electron chi connectivity index (χ4n) is 1.60. The standard InChI is InChI=1S/C14H15N3O3S/c1-7(2)12(18)17-14-16-10(11(21-14)13(19)20)8-3-5-9(15)6-4-8/h3-7H,15H2,1-2H3,(H,19,20)(H,16,17,18). The quantitative estimate of drug-likeness (QED) is 0.753. The third kappa shape index (κ3) is 3.38. The van der Waals surface area contributed by atoms with Crippen molar-refractivity contribution in [2.45, 2.75) is 13.8 Å². The molecule has 6 nitrogen and oxygen atoms in total. The summed E-state index contributed by atoms with van der Waals surface area (Å²) in [6.07, 6.45) is 0. The first-order chi connectivity index (χ1) is 9.88. The van der Waals surface area contributed by atoms with Crippen LogP contribution in [0.15, 0.2) is 24.3 Å². The highest BCUT2D eigenvalue weighted by molar-refractivity contribution is 7.18. The van der Waals surface area contributed by atoms with Crippen molar-refractivity contribution < 1.29 is 14.7 Å². The summed E-state index contributed by atoms with van der Waals surface area (Å²) < 4.78 is 0. The SMILES string of the molecule is CC(C)C(=O)Nc1nc(-c2ccc(N)cc2)c(C(=O)O)s1. The lowest BCUT2D eigenvalue weighted by molar-refractivity contribution is -0.118. The molecule has 0 radical (unpaired) electrons. The summed E-state index contributed by atoms with van der Waals surface area (Å²) in [4.78, 5) is 27.3.